The quantitative estimate of drug-likeness (QED) is 0.311. The lowest BCUT2D eigenvalue weighted by Crippen LogP contribution is -3.00. The molecule has 0 radical (unpaired) electrons. The maximum absolute atomic E-state index is 3.27. The fourth-order valence-electron chi connectivity index (χ4n) is 2.92. The van der Waals surface area contributed by atoms with Gasteiger partial charge in [0, 0.05) is 13.3 Å². The van der Waals surface area contributed by atoms with Gasteiger partial charge in [-0.05, 0) is 6.42 Å². The van der Waals surface area contributed by atoms with Crippen LogP contribution in [0.25, 0.3) is 0 Å². The highest BCUT2D eigenvalue weighted by Gasteiger charge is 1.94. The summed E-state index contributed by atoms with van der Waals surface area (Å²) in [6.45, 7) is 5.52. The summed E-state index contributed by atoms with van der Waals surface area (Å²) in [5, 5.41) is 0. The van der Waals surface area contributed by atoms with Crippen molar-refractivity contribution in [3.63, 3.8) is 0 Å². The Balaban J connectivity index is 0. The van der Waals surface area contributed by atoms with Crippen molar-refractivity contribution in [3.05, 3.63) is 0 Å². The normalized spacial score (nSPS) is 11.0. The lowest BCUT2D eigenvalue weighted by Gasteiger charge is -2.03. The molecule has 134 valence electrons. The van der Waals surface area contributed by atoms with E-state index in [1.807, 2.05) is 6.21 Å². The molecule has 0 aromatic heterocycles. The van der Waals surface area contributed by atoms with Gasteiger partial charge in [-0.2, -0.15) is 0 Å². The van der Waals surface area contributed by atoms with Crippen LogP contribution in [0.4, 0.5) is 0 Å². The Morgan fingerprint density at radius 3 is 1.18 bits per heavy atom. The van der Waals surface area contributed by atoms with E-state index in [4.69, 9.17) is 0 Å². The fourth-order valence-corrected chi connectivity index (χ4v) is 2.92. The van der Waals surface area contributed by atoms with Crippen molar-refractivity contribution in [3.8, 4) is 0 Å². The third-order valence-electron chi connectivity index (χ3n) is 4.38. The summed E-state index contributed by atoms with van der Waals surface area (Å²) in [6, 6.07) is 0. The zero-order valence-electron chi connectivity index (χ0n) is 15.5. The summed E-state index contributed by atoms with van der Waals surface area (Å²) in [7, 11) is 0. The Morgan fingerprint density at radius 1 is 0.545 bits per heavy atom. The van der Waals surface area contributed by atoms with Gasteiger partial charge in [0.15, 0.2) is 0 Å². The van der Waals surface area contributed by atoms with Crippen LogP contribution in [-0.2, 0) is 0 Å². The van der Waals surface area contributed by atoms with Gasteiger partial charge in [-0.25, -0.2) is 0 Å². The first kappa shape index (κ1) is 24.2. The average molecular weight is 332 g/mol. The van der Waals surface area contributed by atoms with Crippen molar-refractivity contribution in [2.75, 3.05) is 6.54 Å². The molecule has 0 aliphatic heterocycles. The van der Waals surface area contributed by atoms with Gasteiger partial charge in [-0.1, -0.05) is 96.8 Å². The SMILES string of the molecule is CC=[NH+]CCCCCCCCCCCCCCCCCC.[Cl-]. The molecule has 0 heterocycles. The topological polar surface area (TPSA) is 14.0 Å². The van der Waals surface area contributed by atoms with Crippen LogP contribution in [0, 0.1) is 0 Å². The number of halogens is 1. The van der Waals surface area contributed by atoms with Gasteiger partial charge in [0.25, 0.3) is 0 Å². The number of hydrogen-bond acceptors (Lipinski definition) is 0. The zero-order valence-corrected chi connectivity index (χ0v) is 16.2. The molecule has 22 heavy (non-hydrogen) atoms. The molecule has 0 aliphatic carbocycles. The molecule has 0 aliphatic rings. The predicted octanol–water partition coefficient (Wildman–Crippen LogP) is 2.42. The smallest absolute Gasteiger partial charge is 0.140 e. The van der Waals surface area contributed by atoms with Gasteiger partial charge < -0.3 is 12.4 Å². The number of hydrogen-bond donors (Lipinski definition) is 1. The van der Waals surface area contributed by atoms with E-state index in [0.29, 0.717) is 0 Å². The molecular weight excluding hydrogens is 290 g/mol. The van der Waals surface area contributed by atoms with Crippen LogP contribution >= 0.6 is 0 Å². The van der Waals surface area contributed by atoms with Gasteiger partial charge in [0.05, 0.1) is 0 Å². The van der Waals surface area contributed by atoms with Crippen LogP contribution in [0.15, 0.2) is 0 Å². The second-order valence-electron chi connectivity index (χ2n) is 6.55. The minimum absolute atomic E-state index is 0. The standard InChI is InChI=1S/C20H41N.ClH/c1-3-5-6-7-8-9-10-11-12-13-14-15-16-17-18-19-20-21-4-2;/h4H,3,5-20H2,1-2H3;1H. The minimum Gasteiger partial charge on any atom is -1.00 e. The Labute approximate surface area is 147 Å². The molecule has 0 fully saturated rings. The first-order valence-corrected chi connectivity index (χ1v) is 9.93. The first-order chi connectivity index (χ1) is 10.4. The Kier molecular flexibility index (Phi) is 25.6. The van der Waals surface area contributed by atoms with E-state index in [0.717, 1.165) is 6.54 Å². The van der Waals surface area contributed by atoms with Gasteiger partial charge in [0.1, 0.15) is 12.8 Å². The first-order valence-electron chi connectivity index (χ1n) is 9.93. The lowest BCUT2D eigenvalue weighted by atomic mass is 10.0. The Morgan fingerprint density at radius 2 is 0.864 bits per heavy atom. The monoisotopic (exact) mass is 331 g/mol. The molecule has 0 rings (SSSR count). The highest BCUT2D eigenvalue weighted by molar-refractivity contribution is 5.45. The van der Waals surface area contributed by atoms with Crippen molar-refractivity contribution in [2.45, 2.75) is 117 Å². The second-order valence-corrected chi connectivity index (χ2v) is 6.55. The van der Waals surface area contributed by atoms with Crippen LogP contribution < -0.4 is 17.4 Å². The maximum Gasteiger partial charge on any atom is 0.140 e. The molecule has 2 heteroatoms. The van der Waals surface area contributed by atoms with Crippen LogP contribution in [0.3, 0.4) is 0 Å². The summed E-state index contributed by atoms with van der Waals surface area (Å²) >= 11 is 0. The fraction of sp³-hybridized carbons (Fsp3) is 0.950. The molecule has 1 nitrogen and oxygen atoms in total. The van der Waals surface area contributed by atoms with E-state index in [9.17, 15) is 0 Å². The van der Waals surface area contributed by atoms with Crippen LogP contribution in [-0.4, -0.2) is 12.8 Å². The van der Waals surface area contributed by atoms with Gasteiger partial charge >= 0.3 is 0 Å². The Hall–Kier alpha value is -0.0400. The third kappa shape index (κ3) is 22.2. The van der Waals surface area contributed by atoms with Gasteiger partial charge in [0.2, 0.25) is 0 Å². The summed E-state index contributed by atoms with van der Waals surface area (Å²) in [5.41, 5.74) is 0. The Bertz CT molecular complexity index is 204. The molecule has 0 amide bonds. The molecule has 0 spiro atoms. The summed E-state index contributed by atoms with van der Waals surface area (Å²) < 4.78 is 0. The number of unbranched alkanes of at least 4 members (excludes halogenated alkanes) is 15. The molecule has 1 N–H and O–H groups in total. The summed E-state index contributed by atoms with van der Waals surface area (Å²) in [5.74, 6) is 0. The highest BCUT2D eigenvalue weighted by Crippen LogP contribution is 2.13. The summed E-state index contributed by atoms with van der Waals surface area (Å²) in [6.07, 6.45) is 25.2. The third-order valence-corrected chi connectivity index (χ3v) is 4.38. The predicted molar refractivity (Wildman–Crippen MR) is 97.1 cm³/mol. The summed E-state index contributed by atoms with van der Waals surface area (Å²) in [4.78, 5) is 3.27. The average Bonchev–Trinajstić information content (AvgIpc) is 2.50. The van der Waals surface area contributed by atoms with Crippen molar-refractivity contribution in [1.29, 1.82) is 0 Å². The molecule has 0 saturated carbocycles. The molecule has 0 atom stereocenters. The molecular formula is C20H42ClN. The largest absolute Gasteiger partial charge is 1.00 e. The van der Waals surface area contributed by atoms with Crippen molar-refractivity contribution < 1.29 is 17.4 Å². The zero-order chi connectivity index (χ0) is 15.4. The second kappa shape index (κ2) is 23.2. The maximum atomic E-state index is 3.27. The molecule has 0 bridgehead atoms. The van der Waals surface area contributed by atoms with E-state index in [2.05, 4.69) is 18.8 Å². The molecule has 0 aromatic carbocycles. The van der Waals surface area contributed by atoms with E-state index in [1.165, 1.54) is 103 Å². The molecule has 0 unspecified atom stereocenters. The number of rotatable bonds is 17. The van der Waals surface area contributed by atoms with Crippen LogP contribution in [0.2, 0.25) is 0 Å². The van der Waals surface area contributed by atoms with E-state index in [1.54, 1.807) is 0 Å². The lowest BCUT2D eigenvalue weighted by molar-refractivity contribution is -0.452. The van der Waals surface area contributed by atoms with E-state index < -0.39 is 0 Å². The van der Waals surface area contributed by atoms with Crippen molar-refractivity contribution in [2.24, 2.45) is 0 Å². The van der Waals surface area contributed by atoms with Gasteiger partial charge in [-0.3, -0.25) is 4.99 Å². The molecule has 0 aromatic rings. The van der Waals surface area contributed by atoms with E-state index in [-0.39, 0.29) is 12.4 Å². The van der Waals surface area contributed by atoms with Crippen LogP contribution in [0.5, 0.6) is 0 Å². The highest BCUT2D eigenvalue weighted by atomic mass is 35.5. The van der Waals surface area contributed by atoms with Crippen LogP contribution in [0.1, 0.15) is 117 Å². The number of nitrogens with one attached hydrogen (secondary N) is 1. The van der Waals surface area contributed by atoms with Crippen molar-refractivity contribution in [1.82, 2.24) is 0 Å². The molecule has 0 saturated heterocycles. The minimum atomic E-state index is 0. The van der Waals surface area contributed by atoms with E-state index >= 15 is 0 Å². The van der Waals surface area contributed by atoms with Gasteiger partial charge in [-0.15, -0.1) is 0 Å². The van der Waals surface area contributed by atoms with Crippen molar-refractivity contribution >= 4 is 6.21 Å².